The minimum Gasteiger partial charge on any atom is -0.461 e. The van der Waals surface area contributed by atoms with Crippen molar-refractivity contribution in [1.29, 1.82) is 0 Å². The van der Waals surface area contributed by atoms with Gasteiger partial charge in [-0.1, -0.05) is 36.4 Å². The lowest BCUT2D eigenvalue weighted by Gasteiger charge is -2.27. The molecule has 0 N–H and O–H groups in total. The monoisotopic (exact) mass is 439 g/mol. The van der Waals surface area contributed by atoms with Crippen LogP contribution < -0.4 is 0 Å². The molecule has 0 unspecified atom stereocenters. The third-order valence-electron chi connectivity index (χ3n) is 5.72. The first-order valence-corrected chi connectivity index (χ1v) is 10.7. The van der Waals surface area contributed by atoms with Gasteiger partial charge in [0.05, 0.1) is 5.69 Å². The summed E-state index contributed by atoms with van der Waals surface area (Å²) in [5.41, 5.74) is 2.82. The van der Waals surface area contributed by atoms with E-state index in [0.717, 1.165) is 16.6 Å². The number of imide groups is 1. The second kappa shape index (κ2) is 8.70. The van der Waals surface area contributed by atoms with Crippen molar-refractivity contribution in [3.63, 3.8) is 0 Å². The zero-order chi connectivity index (χ0) is 22.8. The van der Waals surface area contributed by atoms with Crippen LogP contribution in [0.25, 0.3) is 16.5 Å². The summed E-state index contributed by atoms with van der Waals surface area (Å²) >= 11 is 0. The van der Waals surface area contributed by atoms with E-state index < -0.39 is 0 Å². The highest BCUT2D eigenvalue weighted by Gasteiger charge is 2.32. The first-order chi connectivity index (χ1) is 16.1. The lowest BCUT2D eigenvalue weighted by Crippen LogP contribution is -2.41. The number of carbonyl (C=O) groups excluding carboxylic acids is 3. The molecule has 0 spiro atoms. The van der Waals surface area contributed by atoms with Gasteiger partial charge in [-0.3, -0.25) is 19.3 Å². The zero-order valence-corrected chi connectivity index (χ0v) is 17.8. The summed E-state index contributed by atoms with van der Waals surface area (Å²) < 4.78 is 7.10. The molecule has 5 rings (SSSR count). The molecule has 0 atom stereocenters. The number of rotatable bonds is 7. The van der Waals surface area contributed by atoms with Crippen LogP contribution in [0, 0.1) is 0 Å². The van der Waals surface area contributed by atoms with E-state index >= 15 is 0 Å². The molecule has 4 aromatic rings. The highest BCUT2D eigenvalue weighted by molar-refractivity contribution is 6.25. The molecule has 0 saturated heterocycles. The third-order valence-corrected chi connectivity index (χ3v) is 5.72. The Kier molecular flexibility index (Phi) is 5.44. The molecule has 7 heteroatoms. The van der Waals surface area contributed by atoms with Crippen molar-refractivity contribution < 1.29 is 19.1 Å². The Bertz CT molecular complexity index is 1290. The molecule has 0 bridgehead atoms. The fourth-order valence-electron chi connectivity index (χ4n) is 4.07. The van der Waals surface area contributed by atoms with E-state index in [0.29, 0.717) is 22.9 Å². The summed E-state index contributed by atoms with van der Waals surface area (Å²) in [6.45, 7) is 0.325. The van der Waals surface area contributed by atoms with E-state index in [9.17, 15) is 14.4 Å². The van der Waals surface area contributed by atoms with Gasteiger partial charge < -0.3 is 4.74 Å². The maximum atomic E-state index is 12.9. The van der Waals surface area contributed by atoms with E-state index in [1.54, 1.807) is 23.0 Å². The number of carbonyl (C=O) groups is 3. The summed E-state index contributed by atoms with van der Waals surface area (Å²) in [5, 5.41) is 5.74. The Morgan fingerprint density at radius 3 is 2.21 bits per heavy atom. The third kappa shape index (κ3) is 4.01. The second-order valence-electron chi connectivity index (χ2n) is 7.85. The van der Waals surface area contributed by atoms with Crippen LogP contribution in [0.3, 0.4) is 0 Å². The van der Waals surface area contributed by atoms with Crippen LogP contribution in [0.5, 0.6) is 0 Å². The largest absolute Gasteiger partial charge is 0.461 e. The molecule has 33 heavy (non-hydrogen) atoms. The standard InChI is InChI=1S/C26H21N3O4/c30-23(33-17-18-10-12-20(13-11-18)29-16-4-14-27-29)9-3-15-28-25(31)21-7-1-5-19-6-2-8-22(24(19)21)26(28)32/h1-2,4-8,10-14,16H,3,9,15,17H2. The molecular formula is C26H21N3O4. The number of amides is 2. The quantitative estimate of drug-likeness (QED) is 0.319. The number of hydrogen-bond acceptors (Lipinski definition) is 5. The lowest BCUT2D eigenvalue weighted by atomic mass is 9.94. The summed E-state index contributed by atoms with van der Waals surface area (Å²) in [6.07, 6.45) is 4.02. The lowest BCUT2D eigenvalue weighted by molar-refractivity contribution is -0.145. The number of hydrogen-bond donors (Lipinski definition) is 0. The van der Waals surface area contributed by atoms with Gasteiger partial charge in [0, 0.05) is 41.9 Å². The van der Waals surface area contributed by atoms with Gasteiger partial charge in [0.2, 0.25) is 0 Å². The van der Waals surface area contributed by atoms with Crippen molar-refractivity contribution in [2.75, 3.05) is 6.54 Å². The summed E-state index contributed by atoms with van der Waals surface area (Å²) in [5.74, 6) is -1.02. The van der Waals surface area contributed by atoms with Crippen molar-refractivity contribution in [2.24, 2.45) is 0 Å². The average Bonchev–Trinajstić information content (AvgIpc) is 3.38. The molecule has 0 saturated carbocycles. The van der Waals surface area contributed by atoms with Crippen LogP contribution in [-0.2, 0) is 16.1 Å². The molecule has 164 valence electrons. The fourth-order valence-corrected chi connectivity index (χ4v) is 4.07. The molecule has 2 amide bonds. The second-order valence-corrected chi connectivity index (χ2v) is 7.85. The van der Waals surface area contributed by atoms with Crippen molar-refractivity contribution in [3.8, 4) is 5.69 Å². The number of aromatic nitrogens is 2. The predicted octanol–water partition coefficient (Wildman–Crippen LogP) is 4.15. The Morgan fingerprint density at radius 2 is 1.58 bits per heavy atom. The average molecular weight is 439 g/mol. The number of benzene rings is 3. The van der Waals surface area contributed by atoms with Gasteiger partial charge in [-0.25, -0.2) is 4.68 Å². The topological polar surface area (TPSA) is 81.5 Å². The number of nitrogens with zero attached hydrogens (tertiary/aromatic N) is 3. The molecule has 0 fully saturated rings. The number of esters is 1. The number of ether oxygens (including phenoxy) is 1. The van der Waals surface area contributed by atoms with E-state index in [-0.39, 0.29) is 37.4 Å². The fraction of sp³-hybridized carbons (Fsp3) is 0.154. The van der Waals surface area contributed by atoms with Crippen LogP contribution in [0.15, 0.2) is 79.1 Å². The minimum absolute atomic E-state index is 0.119. The van der Waals surface area contributed by atoms with Gasteiger partial charge in [-0.05, 0) is 47.7 Å². The van der Waals surface area contributed by atoms with Crippen LogP contribution in [0.4, 0.5) is 0 Å². The van der Waals surface area contributed by atoms with Crippen LogP contribution >= 0.6 is 0 Å². The van der Waals surface area contributed by atoms with Crippen LogP contribution in [0.1, 0.15) is 39.1 Å². The van der Waals surface area contributed by atoms with E-state index in [1.165, 1.54) is 4.90 Å². The molecule has 0 radical (unpaired) electrons. The molecule has 3 aromatic carbocycles. The summed E-state index contributed by atoms with van der Waals surface area (Å²) in [7, 11) is 0. The van der Waals surface area contributed by atoms with E-state index in [1.807, 2.05) is 60.8 Å². The Morgan fingerprint density at radius 1 is 0.879 bits per heavy atom. The molecular weight excluding hydrogens is 418 g/mol. The Labute approximate surface area is 190 Å². The first kappa shape index (κ1) is 20.6. The van der Waals surface area contributed by atoms with Crippen molar-refractivity contribution >= 4 is 28.6 Å². The molecule has 7 nitrogen and oxygen atoms in total. The van der Waals surface area contributed by atoms with Crippen molar-refractivity contribution in [2.45, 2.75) is 19.4 Å². The van der Waals surface area contributed by atoms with Crippen molar-refractivity contribution in [3.05, 3.63) is 95.8 Å². The smallest absolute Gasteiger partial charge is 0.306 e. The van der Waals surface area contributed by atoms with Gasteiger partial charge in [0.15, 0.2) is 0 Å². The minimum atomic E-state index is -0.370. The highest BCUT2D eigenvalue weighted by Crippen LogP contribution is 2.30. The first-order valence-electron chi connectivity index (χ1n) is 10.7. The van der Waals surface area contributed by atoms with Crippen LogP contribution in [0.2, 0.25) is 0 Å². The molecule has 2 heterocycles. The summed E-state index contributed by atoms with van der Waals surface area (Å²) in [6, 6.07) is 20.3. The van der Waals surface area contributed by atoms with Gasteiger partial charge in [0.25, 0.3) is 11.8 Å². The molecule has 1 aromatic heterocycles. The molecule has 1 aliphatic heterocycles. The van der Waals surface area contributed by atoms with Gasteiger partial charge in [0.1, 0.15) is 6.61 Å². The molecule has 1 aliphatic rings. The van der Waals surface area contributed by atoms with E-state index in [2.05, 4.69) is 5.10 Å². The van der Waals surface area contributed by atoms with E-state index in [4.69, 9.17) is 4.74 Å². The summed E-state index contributed by atoms with van der Waals surface area (Å²) in [4.78, 5) is 39.2. The van der Waals surface area contributed by atoms with Gasteiger partial charge in [-0.2, -0.15) is 5.10 Å². The predicted molar refractivity (Wildman–Crippen MR) is 122 cm³/mol. The Hall–Kier alpha value is -4.26. The Balaban J connectivity index is 1.15. The SMILES string of the molecule is O=C(CCCN1C(=O)c2cccc3cccc(c23)C1=O)OCc1ccc(-n2cccn2)cc1. The van der Waals surface area contributed by atoms with Crippen molar-refractivity contribution in [1.82, 2.24) is 14.7 Å². The van der Waals surface area contributed by atoms with Gasteiger partial charge >= 0.3 is 5.97 Å². The van der Waals surface area contributed by atoms with Gasteiger partial charge in [-0.15, -0.1) is 0 Å². The normalized spacial score (nSPS) is 12.9. The molecule has 0 aliphatic carbocycles. The highest BCUT2D eigenvalue weighted by atomic mass is 16.5. The zero-order valence-electron chi connectivity index (χ0n) is 17.8. The maximum absolute atomic E-state index is 12.9. The maximum Gasteiger partial charge on any atom is 0.306 e. The van der Waals surface area contributed by atoms with Crippen LogP contribution in [-0.4, -0.2) is 39.0 Å².